The molecule has 3 rings (SSSR count). The summed E-state index contributed by atoms with van der Waals surface area (Å²) in [7, 11) is 0. The first kappa shape index (κ1) is 12.3. The van der Waals surface area contributed by atoms with Crippen LogP contribution in [0.4, 0.5) is 4.39 Å². The minimum Gasteiger partial charge on any atom is -0.315 e. The van der Waals surface area contributed by atoms with Crippen LogP contribution >= 0.6 is 27.3 Å². The van der Waals surface area contributed by atoms with Crippen molar-refractivity contribution in [1.29, 1.82) is 0 Å². The van der Waals surface area contributed by atoms with Gasteiger partial charge in [0.15, 0.2) is 0 Å². The molecular weight excluding hydrogens is 313 g/mol. The summed E-state index contributed by atoms with van der Waals surface area (Å²) in [4.78, 5) is 1.34. The summed E-state index contributed by atoms with van der Waals surface area (Å²) in [6.45, 7) is 1.85. The van der Waals surface area contributed by atoms with Crippen molar-refractivity contribution in [3.05, 3.63) is 56.4 Å². The number of thiophene rings is 1. The van der Waals surface area contributed by atoms with Crippen LogP contribution in [0.3, 0.4) is 0 Å². The van der Waals surface area contributed by atoms with Gasteiger partial charge in [0, 0.05) is 33.2 Å². The van der Waals surface area contributed by atoms with E-state index in [9.17, 15) is 4.39 Å². The minimum absolute atomic E-state index is 0.0619. The van der Waals surface area contributed by atoms with Crippen LogP contribution in [0.25, 0.3) is 0 Å². The second-order valence-corrected chi connectivity index (χ2v) is 6.71. The van der Waals surface area contributed by atoms with E-state index < -0.39 is 0 Å². The predicted molar refractivity (Wildman–Crippen MR) is 76.7 cm³/mol. The highest BCUT2D eigenvalue weighted by Crippen LogP contribution is 2.35. The van der Waals surface area contributed by atoms with Crippen molar-refractivity contribution in [2.24, 2.45) is 0 Å². The summed E-state index contributed by atoms with van der Waals surface area (Å²) in [5, 5.41) is 5.42. The van der Waals surface area contributed by atoms with E-state index in [-0.39, 0.29) is 11.2 Å². The molecule has 2 heterocycles. The Balaban J connectivity index is 1.90. The molecule has 1 saturated heterocycles. The topological polar surface area (TPSA) is 12.0 Å². The fourth-order valence-electron chi connectivity index (χ4n) is 2.46. The molecule has 0 bridgehead atoms. The van der Waals surface area contributed by atoms with Crippen LogP contribution in [0.15, 0.2) is 40.2 Å². The molecule has 0 radical (unpaired) electrons. The predicted octanol–water partition coefficient (Wildman–Crippen LogP) is 3.73. The van der Waals surface area contributed by atoms with Gasteiger partial charge >= 0.3 is 0 Å². The number of benzene rings is 1. The van der Waals surface area contributed by atoms with E-state index in [1.54, 1.807) is 23.5 Å². The van der Waals surface area contributed by atoms with E-state index in [4.69, 9.17) is 0 Å². The van der Waals surface area contributed by atoms with Crippen LogP contribution < -0.4 is 5.32 Å². The highest BCUT2D eigenvalue weighted by molar-refractivity contribution is 9.10. The Hall–Kier alpha value is -0.710. The molecule has 0 unspecified atom stereocenters. The van der Waals surface area contributed by atoms with Gasteiger partial charge in [0.25, 0.3) is 0 Å². The van der Waals surface area contributed by atoms with Gasteiger partial charge in [0.1, 0.15) is 5.82 Å². The van der Waals surface area contributed by atoms with Crippen LogP contribution in [0.1, 0.15) is 10.4 Å². The average molecular weight is 326 g/mol. The SMILES string of the molecule is Fc1cccc(C2(Cc3cc(Br)cs3)CNC2)c1. The number of nitrogens with one attached hydrogen (secondary N) is 1. The van der Waals surface area contributed by atoms with Gasteiger partial charge < -0.3 is 5.32 Å². The van der Waals surface area contributed by atoms with Crippen LogP contribution in [0.2, 0.25) is 0 Å². The Morgan fingerprint density at radius 2 is 2.17 bits per heavy atom. The number of hydrogen-bond acceptors (Lipinski definition) is 2. The lowest BCUT2D eigenvalue weighted by Crippen LogP contribution is -2.58. The largest absolute Gasteiger partial charge is 0.315 e. The Morgan fingerprint density at radius 1 is 1.33 bits per heavy atom. The third kappa shape index (κ3) is 2.25. The first-order valence-electron chi connectivity index (χ1n) is 5.88. The minimum atomic E-state index is -0.147. The molecular formula is C14H13BrFNS. The van der Waals surface area contributed by atoms with E-state index in [1.165, 1.54) is 10.9 Å². The molecule has 0 amide bonds. The molecule has 4 heteroatoms. The van der Waals surface area contributed by atoms with Crippen LogP contribution in [0.5, 0.6) is 0 Å². The Bertz CT molecular complexity index is 562. The van der Waals surface area contributed by atoms with Crippen molar-refractivity contribution < 1.29 is 4.39 Å². The molecule has 0 spiro atoms. The molecule has 0 atom stereocenters. The van der Waals surface area contributed by atoms with Crippen LogP contribution in [-0.4, -0.2) is 13.1 Å². The summed E-state index contributed by atoms with van der Waals surface area (Å²) in [6, 6.07) is 9.17. The quantitative estimate of drug-likeness (QED) is 0.906. The van der Waals surface area contributed by atoms with Crippen LogP contribution in [-0.2, 0) is 11.8 Å². The van der Waals surface area contributed by atoms with Gasteiger partial charge in [0.05, 0.1) is 0 Å². The maximum absolute atomic E-state index is 13.4. The zero-order valence-electron chi connectivity index (χ0n) is 9.75. The first-order valence-corrected chi connectivity index (χ1v) is 7.55. The summed E-state index contributed by atoms with van der Waals surface area (Å²) < 4.78 is 14.5. The Morgan fingerprint density at radius 3 is 2.72 bits per heavy atom. The lowest BCUT2D eigenvalue weighted by Gasteiger charge is -2.43. The highest BCUT2D eigenvalue weighted by atomic mass is 79.9. The maximum atomic E-state index is 13.4. The molecule has 0 saturated carbocycles. The lowest BCUT2D eigenvalue weighted by molar-refractivity contribution is 0.275. The first-order chi connectivity index (χ1) is 8.68. The van der Waals surface area contributed by atoms with E-state index in [2.05, 4.69) is 32.7 Å². The third-order valence-corrected chi connectivity index (χ3v) is 5.20. The van der Waals surface area contributed by atoms with E-state index in [1.807, 2.05) is 6.07 Å². The average Bonchev–Trinajstić information content (AvgIpc) is 2.69. The van der Waals surface area contributed by atoms with Crippen molar-refractivity contribution in [1.82, 2.24) is 5.32 Å². The molecule has 1 N–H and O–H groups in total. The van der Waals surface area contributed by atoms with Gasteiger partial charge in [-0.15, -0.1) is 11.3 Å². The highest BCUT2D eigenvalue weighted by Gasteiger charge is 2.39. The number of hydrogen-bond donors (Lipinski definition) is 1. The zero-order valence-corrected chi connectivity index (χ0v) is 12.2. The van der Waals surface area contributed by atoms with Gasteiger partial charge in [-0.25, -0.2) is 4.39 Å². The fraction of sp³-hybridized carbons (Fsp3) is 0.286. The van der Waals surface area contributed by atoms with Gasteiger partial charge in [-0.3, -0.25) is 0 Å². The Kier molecular flexibility index (Phi) is 3.26. The van der Waals surface area contributed by atoms with E-state index in [0.717, 1.165) is 29.5 Å². The van der Waals surface area contributed by atoms with Crippen LogP contribution in [0, 0.1) is 5.82 Å². The number of halogens is 2. The molecule has 18 heavy (non-hydrogen) atoms. The van der Waals surface area contributed by atoms with Gasteiger partial charge in [-0.2, -0.15) is 0 Å². The monoisotopic (exact) mass is 325 g/mol. The summed E-state index contributed by atoms with van der Waals surface area (Å²) in [6.07, 6.45) is 0.972. The van der Waals surface area contributed by atoms with Crippen molar-refractivity contribution in [2.75, 3.05) is 13.1 Å². The molecule has 1 aliphatic heterocycles. The van der Waals surface area contributed by atoms with Crippen molar-refractivity contribution in [2.45, 2.75) is 11.8 Å². The van der Waals surface area contributed by atoms with E-state index in [0.29, 0.717) is 0 Å². The van der Waals surface area contributed by atoms with Crippen molar-refractivity contribution in [3.63, 3.8) is 0 Å². The fourth-order valence-corrected chi connectivity index (χ4v) is 4.05. The summed E-state index contributed by atoms with van der Waals surface area (Å²) in [5.74, 6) is -0.147. The standard InChI is InChI=1S/C14H13BrFNS/c15-11-5-13(18-7-11)6-14(8-17-9-14)10-2-1-3-12(16)4-10/h1-5,7,17H,6,8-9H2. The second-order valence-electron chi connectivity index (χ2n) is 4.80. The van der Waals surface area contributed by atoms with Gasteiger partial charge in [-0.1, -0.05) is 12.1 Å². The lowest BCUT2D eigenvalue weighted by atomic mass is 9.72. The van der Waals surface area contributed by atoms with Gasteiger partial charge in [0.2, 0.25) is 0 Å². The third-order valence-electron chi connectivity index (χ3n) is 3.50. The smallest absolute Gasteiger partial charge is 0.123 e. The second kappa shape index (κ2) is 4.76. The molecule has 0 aliphatic carbocycles. The molecule has 1 aliphatic rings. The van der Waals surface area contributed by atoms with Gasteiger partial charge in [-0.05, 0) is 46.1 Å². The summed E-state index contributed by atoms with van der Waals surface area (Å²) >= 11 is 5.24. The maximum Gasteiger partial charge on any atom is 0.123 e. The molecule has 1 aromatic heterocycles. The molecule has 94 valence electrons. The molecule has 1 fully saturated rings. The Labute approximate surface area is 118 Å². The number of rotatable bonds is 3. The molecule has 1 nitrogen and oxygen atoms in total. The summed E-state index contributed by atoms with van der Waals surface area (Å²) in [5.41, 5.74) is 1.16. The normalized spacial score (nSPS) is 17.4. The molecule has 2 aromatic rings. The van der Waals surface area contributed by atoms with Crippen molar-refractivity contribution in [3.8, 4) is 0 Å². The van der Waals surface area contributed by atoms with E-state index >= 15 is 0 Å². The zero-order chi connectivity index (χ0) is 12.6. The molecule has 1 aromatic carbocycles. The van der Waals surface area contributed by atoms with Crippen molar-refractivity contribution >= 4 is 27.3 Å².